The number of amidine groups is 1. The molecule has 0 aromatic heterocycles. The van der Waals surface area contributed by atoms with Gasteiger partial charge in [-0.2, -0.15) is 0 Å². The summed E-state index contributed by atoms with van der Waals surface area (Å²) in [5, 5.41) is 7.00. The second-order valence-electron chi connectivity index (χ2n) is 6.35. The number of nitrogens with two attached hydrogens (primary N) is 1. The summed E-state index contributed by atoms with van der Waals surface area (Å²) in [6.07, 6.45) is -3.69. The normalized spacial score (nSPS) is 11.7. The minimum absolute atomic E-state index is 0.0632. The van der Waals surface area contributed by atoms with Crippen molar-refractivity contribution in [1.29, 1.82) is 5.41 Å². The number of halogens is 3. The average Bonchev–Trinajstić information content (AvgIpc) is 3.01. The highest BCUT2D eigenvalue weighted by molar-refractivity contribution is 5.80. The molecule has 0 radical (unpaired) electrons. The molecule has 0 aliphatic heterocycles. The lowest BCUT2D eigenvalue weighted by Gasteiger charge is -2.12. The van der Waals surface area contributed by atoms with Gasteiger partial charge in [-0.15, -0.1) is 13.2 Å². The molecular weight excluding hydrogens is 365 g/mol. The van der Waals surface area contributed by atoms with Crippen molar-refractivity contribution in [1.82, 2.24) is 0 Å². The van der Waals surface area contributed by atoms with E-state index in [4.69, 9.17) is 11.1 Å². The Morgan fingerprint density at radius 2 is 1.36 bits per heavy atom. The summed E-state index contributed by atoms with van der Waals surface area (Å²) >= 11 is 0. The first-order valence-corrected chi connectivity index (χ1v) is 8.66. The van der Waals surface area contributed by atoms with Crippen LogP contribution in [0.3, 0.4) is 0 Å². The number of hydrogen-bond acceptors (Lipinski definition) is 2. The summed E-state index contributed by atoms with van der Waals surface area (Å²) in [5.74, 6) is -0.534. The summed E-state index contributed by atoms with van der Waals surface area (Å²) in [6.45, 7) is 0. The van der Waals surface area contributed by atoms with Crippen molar-refractivity contribution in [2.75, 3.05) is 0 Å². The highest BCUT2D eigenvalue weighted by Gasteiger charge is 2.31. The van der Waals surface area contributed by atoms with Gasteiger partial charge in [0.1, 0.15) is 5.75 Å². The molecule has 0 bridgehead atoms. The standard InChI is InChI=1S/C13H10.C9H9F3N2O/c1-3-7-12-10(5-1)9-11-6-2-4-8-13(11)12;10-9(11,12)15-7-4-2-1-3-6(7)5-8(13)14/h1-8H,9H2;1-4H,5H2,(H3,13,14). The van der Waals surface area contributed by atoms with Gasteiger partial charge in [0.15, 0.2) is 0 Å². The molecule has 0 unspecified atom stereocenters. The van der Waals surface area contributed by atoms with Gasteiger partial charge in [0.25, 0.3) is 0 Å². The van der Waals surface area contributed by atoms with Crippen LogP contribution in [0, 0.1) is 5.41 Å². The molecule has 1 aliphatic carbocycles. The number of fused-ring (bicyclic) bond motifs is 3. The molecule has 3 N–H and O–H groups in total. The van der Waals surface area contributed by atoms with E-state index in [2.05, 4.69) is 53.3 Å². The monoisotopic (exact) mass is 384 g/mol. The van der Waals surface area contributed by atoms with Crippen LogP contribution in [0.5, 0.6) is 5.75 Å². The van der Waals surface area contributed by atoms with Gasteiger partial charge in [0.2, 0.25) is 0 Å². The van der Waals surface area contributed by atoms with E-state index in [9.17, 15) is 13.2 Å². The number of nitrogens with one attached hydrogen (secondary N) is 1. The third kappa shape index (κ3) is 4.91. The lowest BCUT2D eigenvalue weighted by molar-refractivity contribution is -0.274. The molecule has 144 valence electrons. The van der Waals surface area contributed by atoms with Crippen molar-refractivity contribution in [3.63, 3.8) is 0 Å². The molecule has 6 heteroatoms. The van der Waals surface area contributed by atoms with Crippen molar-refractivity contribution >= 4 is 5.84 Å². The lowest BCUT2D eigenvalue weighted by atomic mass is 10.1. The molecule has 3 aromatic carbocycles. The zero-order valence-electron chi connectivity index (χ0n) is 15.0. The molecule has 0 fully saturated rings. The van der Waals surface area contributed by atoms with Crippen LogP contribution < -0.4 is 10.5 Å². The Balaban J connectivity index is 0.000000162. The minimum atomic E-state index is -4.73. The molecule has 0 atom stereocenters. The third-order valence-electron chi connectivity index (χ3n) is 4.28. The van der Waals surface area contributed by atoms with Gasteiger partial charge >= 0.3 is 6.36 Å². The van der Waals surface area contributed by atoms with Gasteiger partial charge in [-0.3, -0.25) is 5.41 Å². The van der Waals surface area contributed by atoms with Gasteiger partial charge in [0, 0.05) is 12.0 Å². The first kappa shape index (κ1) is 19.5. The van der Waals surface area contributed by atoms with Crippen LogP contribution in [-0.4, -0.2) is 12.2 Å². The van der Waals surface area contributed by atoms with E-state index in [1.54, 1.807) is 6.07 Å². The molecule has 28 heavy (non-hydrogen) atoms. The Labute approximate surface area is 161 Å². The van der Waals surface area contributed by atoms with Crippen LogP contribution in [0.4, 0.5) is 13.2 Å². The van der Waals surface area contributed by atoms with Crippen molar-refractivity contribution in [2.45, 2.75) is 19.2 Å². The highest BCUT2D eigenvalue weighted by Crippen LogP contribution is 2.35. The number of ether oxygens (including phenoxy) is 1. The Bertz CT molecular complexity index is 940. The molecule has 3 aromatic rings. The maximum absolute atomic E-state index is 12.0. The second kappa shape index (κ2) is 8.17. The Morgan fingerprint density at radius 1 is 0.857 bits per heavy atom. The zero-order chi connectivity index (χ0) is 20.1. The van der Waals surface area contributed by atoms with Crippen molar-refractivity contribution in [3.05, 3.63) is 89.5 Å². The van der Waals surface area contributed by atoms with Crippen LogP contribution in [0.2, 0.25) is 0 Å². The maximum atomic E-state index is 12.0. The third-order valence-corrected chi connectivity index (χ3v) is 4.28. The molecule has 1 aliphatic rings. The molecule has 0 spiro atoms. The van der Waals surface area contributed by atoms with Crippen molar-refractivity contribution in [2.24, 2.45) is 5.73 Å². The molecule has 3 nitrogen and oxygen atoms in total. The van der Waals surface area contributed by atoms with Gasteiger partial charge in [-0.05, 0) is 34.7 Å². The molecular formula is C22H19F3N2O. The van der Waals surface area contributed by atoms with E-state index >= 15 is 0 Å². The fourth-order valence-corrected chi connectivity index (χ4v) is 3.16. The van der Waals surface area contributed by atoms with Crippen LogP contribution in [0.15, 0.2) is 72.8 Å². The zero-order valence-corrected chi connectivity index (χ0v) is 15.0. The van der Waals surface area contributed by atoms with Crippen molar-refractivity contribution in [3.8, 4) is 16.9 Å². The largest absolute Gasteiger partial charge is 0.573 e. The number of hydrogen-bond donors (Lipinski definition) is 2. The lowest BCUT2D eigenvalue weighted by Crippen LogP contribution is -2.19. The average molecular weight is 384 g/mol. The molecule has 0 saturated carbocycles. The van der Waals surface area contributed by atoms with Gasteiger partial charge < -0.3 is 10.5 Å². The summed E-state index contributed by atoms with van der Waals surface area (Å²) in [4.78, 5) is 0. The molecule has 0 amide bonds. The first-order valence-electron chi connectivity index (χ1n) is 8.66. The van der Waals surface area contributed by atoms with E-state index in [0.29, 0.717) is 0 Å². The van der Waals surface area contributed by atoms with E-state index in [-0.39, 0.29) is 23.6 Å². The fraction of sp³-hybridized carbons (Fsp3) is 0.136. The van der Waals surface area contributed by atoms with E-state index < -0.39 is 6.36 Å². The van der Waals surface area contributed by atoms with Crippen molar-refractivity contribution < 1.29 is 17.9 Å². The second-order valence-corrected chi connectivity index (χ2v) is 6.35. The molecule has 0 heterocycles. The van der Waals surface area contributed by atoms with Gasteiger partial charge in [-0.1, -0.05) is 66.7 Å². The molecule has 4 rings (SSSR count). The maximum Gasteiger partial charge on any atom is 0.573 e. The smallest absolute Gasteiger partial charge is 0.405 e. The first-order chi connectivity index (χ1) is 13.3. The predicted molar refractivity (Wildman–Crippen MR) is 103 cm³/mol. The summed E-state index contributed by atoms with van der Waals surface area (Å²) in [5.41, 5.74) is 11.1. The topological polar surface area (TPSA) is 59.1 Å². The fourth-order valence-electron chi connectivity index (χ4n) is 3.16. The van der Waals surface area contributed by atoms with Crippen LogP contribution >= 0.6 is 0 Å². The summed E-state index contributed by atoms with van der Waals surface area (Å²) in [7, 11) is 0. The number of rotatable bonds is 3. The van der Waals surface area contributed by atoms with Crippen LogP contribution in [-0.2, 0) is 12.8 Å². The number of alkyl halides is 3. The summed E-state index contributed by atoms with van der Waals surface area (Å²) in [6, 6.07) is 22.9. The highest BCUT2D eigenvalue weighted by atomic mass is 19.4. The number of benzene rings is 3. The SMILES string of the molecule is N=C(N)Cc1ccccc1OC(F)(F)F.c1ccc2c(c1)Cc1ccccc1-2. The van der Waals surface area contributed by atoms with E-state index in [1.807, 2.05) is 0 Å². The Morgan fingerprint density at radius 3 is 1.89 bits per heavy atom. The number of para-hydroxylation sites is 1. The Kier molecular flexibility index (Phi) is 5.68. The van der Waals surface area contributed by atoms with Gasteiger partial charge in [-0.25, -0.2) is 0 Å². The van der Waals surface area contributed by atoms with E-state index in [1.165, 1.54) is 40.5 Å². The van der Waals surface area contributed by atoms with E-state index in [0.717, 1.165) is 6.42 Å². The van der Waals surface area contributed by atoms with Gasteiger partial charge in [0.05, 0.1) is 5.84 Å². The van der Waals surface area contributed by atoms with Crippen LogP contribution in [0.25, 0.3) is 11.1 Å². The molecule has 0 saturated heterocycles. The minimum Gasteiger partial charge on any atom is -0.405 e. The predicted octanol–water partition coefficient (Wildman–Crippen LogP) is 5.32. The Hall–Kier alpha value is -3.28. The summed E-state index contributed by atoms with van der Waals surface area (Å²) < 4.78 is 39.6. The quantitative estimate of drug-likeness (QED) is 0.371. The van der Waals surface area contributed by atoms with Crippen LogP contribution in [0.1, 0.15) is 16.7 Å².